The second kappa shape index (κ2) is 4.80. The summed E-state index contributed by atoms with van der Waals surface area (Å²) in [5.41, 5.74) is 2.63. The largest absolute Gasteiger partial charge is 0.390 e. The third-order valence-corrected chi connectivity index (χ3v) is 3.12. The minimum absolute atomic E-state index is 0.174. The zero-order valence-electron chi connectivity index (χ0n) is 9.64. The summed E-state index contributed by atoms with van der Waals surface area (Å²) in [4.78, 5) is 24.4. The second-order valence-electron chi connectivity index (χ2n) is 4.30. The molecule has 2 atom stereocenters. The first-order valence-electron chi connectivity index (χ1n) is 5.61. The molecule has 0 aromatic heterocycles. The lowest BCUT2D eigenvalue weighted by Crippen LogP contribution is -2.48. The molecule has 2 amide bonds. The summed E-state index contributed by atoms with van der Waals surface area (Å²) < 4.78 is 0. The molecule has 1 fully saturated rings. The van der Waals surface area contributed by atoms with E-state index in [1.165, 1.54) is 4.90 Å². The Hall–Kier alpha value is -1.47. The molecule has 0 spiro atoms. The number of aliphatic hydroxyl groups is 1. The van der Waals surface area contributed by atoms with Gasteiger partial charge in [0.2, 0.25) is 5.91 Å². The quantitative estimate of drug-likeness (QED) is 0.522. The molecule has 2 aliphatic heterocycles. The molecule has 0 aromatic carbocycles. The third kappa shape index (κ3) is 2.45. The van der Waals surface area contributed by atoms with Crippen molar-refractivity contribution in [1.82, 2.24) is 15.6 Å². The molecular weight excluding hydrogens is 224 g/mol. The van der Waals surface area contributed by atoms with Crippen LogP contribution in [0.1, 0.15) is 12.8 Å². The maximum Gasteiger partial charge on any atom is 0.270 e. The Kier molecular flexibility index (Phi) is 3.39. The van der Waals surface area contributed by atoms with E-state index in [-0.39, 0.29) is 24.3 Å². The molecule has 0 saturated carbocycles. The molecule has 1 saturated heterocycles. The zero-order valence-corrected chi connectivity index (χ0v) is 9.64. The van der Waals surface area contributed by atoms with Gasteiger partial charge in [-0.3, -0.25) is 9.59 Å². The van der Waals surface area contributed by atoms with Crippen molar-refractivity contribution in [3.63, 3.8) is 0 Å². The summed E-state index contributed by atoms with van der Waals surface area (Å²) >= 11 is 0. The van der Waals surface area contributed by atoms with Crippen molar-refractivity contribution in [3.05, 3.63) is 0 Å². The van der Waals surface area contributed by atoms with Crippen LogP contribution in [-0.4, -0.2) is 59.8 Å². The molecule has 0 aromatic rings. The summed E-state index contributed by atoms with van der Waals surface area (Å²) in [5, 5.41) is 16.4. The van der Waals surface area contributed by atoms with Gasteiger partial charge in [0.1, 0.15) is 5.71 Å². The van der Waals surface area contributed by atoms with Crippen molar-refractivity contribution in [2.45, 2.75) is 25.0 Å². The van der Waals surface area contributed by atoms with Gasteiger partial charge in [-0.1, -0.05) is 0 Å². The molecule has 0 radical (unpaired) electrons. The van der Waals surface area contributed by atoms with E-state index < -0.39 is 6.10 Å². The molecule has 0 unspecified atom stereocenters. The highest BCUT2D eigenvalue weighted by Crippen LogP contribution is 2.10. The number of carbonyl (C=O) groups is 2. The number of nitrogens with one attached hydrogen (secondary N) is 2. The van der Waals surface area contributed by atoms with E-state index in [0.717, 1.165) is 0 Å². The maximum absolute atomic E-state index is 12.0. The van der Waals surface area contributed by atoms with E-state index >= 15 is 0 Å². The molecule has 2 rings (SSSR count). The van der Waals surface area contributed by atoms with Crippen molar-refractivity contribution < 1.29 is 14.7 Å². The summed E-state index contributed by atoms with van der Waals surface area (Å²) in [6, 6.07) is -0.233. The number of hydrazone groups is 1. The van der Waals surface area contributed by atoms with Gasteiger partial charge in [-0.15, -0.1) is 0 Å². The monoisotopic (exact) mass is 240 g/mol. The number of hydrogen-bond donors (Lipinski definition) is 3. The highest BCUT2D eigenvalue weighted by molar-refractivity contribution is 6.39. The third-order valence-electron chi connectivity index (χ3n) is 3.12. The Bertz CT molecular complexity index is 369. The highest BCUT2D eigenvalue weighted by Gasteiger charge is 2.33. The molecule has 7 nitrogen and oxygen atoms in total. The van der Waals surface area contributed by atoms with E-state index in [9.17, 15) is 14.7 Å². The molecule has 2 heterocycles. The van der Waals surface area contributed by atoms with Crippen LogP contribution >= 0.6 is 0 Å². The number of amides is 2. The van der Waals surface area contributed by atoms with Crippen molar-refractivity contribution in [3.8, 4) is 0 Å². The Morgan fingerprint density at radius 3 is 2.76 bits per heavy atom. The first-order chi connectivity index (χ1) is 8.09. The number of nitrogens with zero attached hydrogens (tertiary/aromatic N) is 2. The Morgan fingerprint density at radius 2 is 2.24 bits per heavy atom. The SMILES string of the molecule is CN(C(=O)C1=NNC(=O)CC1)[C@H]1CNC[C@@H]1O. The Balaban J connectivity index is 2.02. The number of hydrogen-bond acceptors (Lipinski definition) is 5. The first-order valence-corrected chi connectivity index (χ1v) is 5.61. The number of β-amino-alcohol motifs (C(OH)–C–C–N with tert-alkyl or cyclic N) is 1. The molecule has 94 valence electrons. The highest BCUT2D eigenvalue weighted by atomic mass is 16.3. The van der Waals surface area contributed by atoms with E-state index in [4.69, 9.17) is 0 Å². The molecule has 3 N–H and O–H groups in total. The molecule has 7 heteroatoms. The van der Waals surface area contributed by atoms with Crippen LogP contribution in [0.2, 0.25) is 0 Å². The van der Waals surface area contributed by atoms with Gasteiger partial charge in [0.15, 0.2) is 0 Å². The van der Waals surface area contributed by atoms with Gasteiger partial charge >= 0.3 is 0 Å². The van der Waals surface area contributed by atoms with Gasteiger partial charge in [-0.25, -0.2) is 5.43 Å². The summed E-state index contributed by atoms with van der Waals surface area (Å²) in [6.07, 6.45) is 0.0810. The van der Waals surface area contributed by atoms with Crippen molar-refractivity contribution >= 4 is 17.5 Å². The van der Waals surface area contributed by atoms with E-state index in [1.807, 2.05) is 0 Å². The normalized spacial score (nSPS) is 28.6. The lowest BCUT2D eigenvalue weighted by Gasteiger charge is -2.27. The predicted octanol–water partition coefficient (Wildman–Crippen LogP) is -1.96. The zero-order chi connectivity index (χ0) is 12.4. The van der Waals surface area contributed by atoms with Gasteiger partial charge in [0, 0.05) is 33.0 Å². The van der Waals surface area contributed by atoms with Gasteiger partial charge in [-0.05, 0) is 0 Å². The van der Waals surface area contributed by atoms with Crippen molar-refractivity contribution in [2.24, 2.45) is 5.10 Å². The van der Waals surface area contributed by atoms with Crippen LogP contribution in [0, 0.1) is 0 Å². The average Bonchev–Trinajstić information content (AvgIpc) is 2.74. The van der Waals surface area contributed by atoms with Gasteiger partial charge in [0.05, 0.1) is 12.1 Å². The molecule has 0 bridgehead atoms. The number of rotatable bonds is 2. The minimum Gasteiger partial charge on any atom is -0.390 e. The summed E-state index contributed by atoms with van der Waals surface area (Å²) in [7, 11) is 1.64. The van der Waals surface area contributed by atoms with E-state index in [1.54, 1.807) is 7.05 Å². The minimum atomic E-state index is -0.553. The average molecular weight is 240 g/mol. The summed E-state index contributed by atoms with van der Waals surface area (Å²) in [5.74, 6) is -0.412. The fraction of sp³-hybridized carbons (Fsp3) is 0.700. The van der Waals surface area contributed by atoms with Crippen molar-refractivity contribution in [1.29, 1.82) is 0 Å². The molecule has 0 aliphatic carbocycles. The summed E-state index contributed by atoms with van der Waals surface area (Å²) in [6.45, 7) is 1.06. The van der Waals surface area contributed by atoms with Crippen LogP contribution in [-0.2, 0) is 9.59 Å². The van der Waals surface area contributed by atoms with Crippen LogP contribution in [0.5, 0.6) is 0 Å². The van der Waals surface area contributed by atoms with Crippen LogP contribution < -0.4 is 10.7 Å². The van der Waals surface area contributed by atoms with Crippen LogP contribution in [0.4, 0.5) is 0 Å². The Morgan fingerprint density at radius 1 is 1.47 bits per heavy atom. The van der Waals surface area contributed by atoms with E-state index in [0.29, 0.717) is 25.2 Å². The van der Waals surface area contributed by atoms with Crippen LogP contribution in [0.3, 0.4) is 0 Å². The lowest BCUT2D eigenvalue weighted by molar-refractivity contribution is -0.126. The smallest absolute Gasteiger partial charge is 0.270 e. The lowest BCUT2D eigenvalue weighted by atomic mass is 10.1. The van der Waals surface area contributed by atoms with Gasteiger partial charge in [-0.2, -0.15) is 5.10 Å². The first kappa shape index (κ1) is 12.0. The molecule has 2 aliphatic rings. The number of aliphatic hydroxyl groups excluding tert-OH is 1. The standard InChI is InChI=1S/C10H16N4O3/c1-14(7-4-11-5-8(7)15)10(17)6-2-3-9(16)13-12-6/h7-8,11,15H,2-5H2,1H3,(H,13,16)/t7-,8-/m0/s1. The van der Waals surface area contributed by atoms with Crippen molar-refractivity contribution in [2.75, 3.05) is 20.1 Å². The molecule has 17 heavy (non-hydrogen) atoms. The second-order valence-corrected chi connectivity index (χ2v) is 4.30. The molecular formula is C10H16N4O3. The van der Waals surface area contributed by atoms with Crippen LogP contribution in [0.15, 0.2) is 5.10 Å². The maximum atomic E-state index is 12.0. The van der Waals surface area contributed by atoms with E-state index in [2.05, 4.69) is 15.8 Å². The van der Waals surface area contributed by atoms with Gasteiger partial charge in [0.25, 0.3) is 5.91 Å². The topological polar surface area (TPSA) is 94.0 Å². The van der Waals surface area contributed by atoms with Crippen LogP contribution in [0.25, 0.3) is 0 Å². The fourth-order valence-electron chi connectivity index (χ4n) is 2.03. The fourth-order valence-corrected chi connectivity index (χ4v) is 2.03. The Labute approximate surface area is 98.9 Å². The number of carbonyl (C=O) groups excluding carboxylic acids is 2. The number of likely N-dealkylation sites (N-methyl/N-ethyl adjacent to an activating group) is 1. The predicted molar refractivity (Wildman–Crippen MR) is 60.2 cm³/mol. The van der Waals surface area contributed by atoms with Gasteiger partial charge < -0.3 is 15.3 Å².